The van der Waals surface area contributed by atoms with Gasteiger partial charge < -0.3 is 9.30 Å². The maximum Gasteiger partial charge on any atom is 0.151 e. The fourth-order valence-electron chi connectivity index (χ4n) is 3.01. The fourth-order valence-corrected chi connectivity index (χ4v) is 3.84. The number of fused-ring (bicyclic) bond motifs is 1. The van der Waals surface area contributed by atoms with Gasteiger partial charge in [-0.3, -0.25) is 9.88 Å². The average molecular weight is 363 g/mol. The number of aromatic nitrogens is 2. The zero-order valence-electron chi connectivity index (χ0n) is 14.5. The number of rotatable bonds is 7. The maximum atomic E-state index is 11.8. The van der Waals surface area contributed by atoms with E-state index in [1.165, 1.54) is 5.69 Å². The molecule has 0 bridgehead atoms. The quantitative estimate of drug-likeness (QED) is 0.749. The van der Waals surface area contributed by atoms with Gasteiger partial charge in [0, 0.05) is 56.2 Å². The molecule has 7 heteroatoms. The first-order valence-corrected chi connectivity index (χ1v) is 10.4. The second kappa shape index (κ2) is 8.12. The number of hydrogen-bond acceptors (Lipinski definition) is 5. The minimum atomic E-state index is -2.96. The minimum absolute atomic E-state index is 0.0196. The Hall–Kier alpha value is -1.70. The van der Waals surface area contributed by atoms with Crippen molar-refractivity contribution in [3.8, 4) is 0 Å². The largest absolute Gasteiger partial charge is 0.370 e. The third-order valence-corrected chi connectivity index (χ3v) is 6.25. The van der Waals surface area contributed by atoms with Gasteiger partial charge in [0.05, 0.1) is 18.5 Å². The monoisotopic (exact) mass is 363 g/mol. The van der Waals surface area contributed by atoms with Gasteiger partial charge >= 0.3 is 0 Å². The number of ether oxygens (including phenoxy) is 1. The first-order chi connectivity index (χ1) is 12.1. The first kappa shape index (κ1) is 18.1. The molecule has 25 heavy (non-hydrogen) atoms. The third-order valence-electron chi connectivity index (χ3n) is 4.56. The van der Waals surface area contributed by atoms with Gasteiger partial charge in [0.15, 0.2) is 9.84 Å². The molecule has 3 heterocycles. The average Bonchev–Trinajstić information content (AvgIpc) is 2.98. The van der Waals surface area contributed by atoms with Crippen LogP contribution in [0.25, 0.3) is 0 Å². The van der Waals surface area contributed by atoms with E-state index in [0.717, 1.165) is 25.2 Å². The van der Waals surface area contributed by atoms with Crippen LogP contribution in [0.2, 0.25) is 0 Å². The van der Waals surface area contributed by atoms with Crippen LogP contribution in [0.3, 0.4) is 0 Å². The molecule has 0 saturated heterocycles. The Labute approximate surface area is 149 Å². The van der Waals surface area contributed by atoms with E-state index in [4.69, 9.17) is 4.74 Å². The van der Waals surface area contributed by atoms with E-state index in [9.17, 15) is 8.42 Å². The molecule has 136 valence electrons. The smallest absolute Gasteiger partial charge is 0.151 e. The molecule has 0 N–H and O–H groups in total. The summed E-state index contributed by atoms with van der Waals surface area (Å²) in [5.41, 5.74) is 2.29. The minimum Gasteiger partial charge on any atom is -0.370 e. The van der Waals surface area contributed by atoms with Crippen molar-refractivity contribution in [2.24, 2.45) is 0 Å². The second-order valence-corrected chi connectivity index (χ2v) is 8.88. The lowest BCUT2D eigenvalue weighted by Crippen LogP contribution is -2.36. The van der Waals surface area contributed by atoms with E-state index >= 15 is 0 Å². The molecular weight excluding hydrogens is 338 g/mol. The van der Waals surface area contributed by atoms with Crippen LogP contribution in [-0.2, 0) is 34.3 Å². The summed E-state index contributed by atoms with van der Waals surface area (Å²) >= 11 is 0. The van der Waals surface area contributed by atoms with Gasteiger partial charge in [-0.15, -0.1) is 0 Å². The Kier molecular flexibility index (Phi) is 5.88. The summed E-state index contributed by atoms with van der Waals surface area (Å²) in [4.78, 5) is 6.20. The molecule has 2 aromatic rings. The molecule has 2 aromatic heterocycles. The van der Waals surface area contributed by atoms with E-state index in [-0.39, 0.29) is 17.6 Å². The van der Waals surface area contributed by atoms with Crippen LogP contribution in [0.4, 0.5) is 0 Å². The standard InChI is InChI=1S/C18H25N3O3S/c1-2-25(22,23)11-10-20-12-17-4-3-9-21(17)14-18(13-20)24-15-16-5-7-19-8-6-16/h3-9,18H,2,10-15H2,1H3/t18-/m0/s1. The Morgan fingerprint density at radius 2 is 2.04 bits per heavy atom. The van der Waals surface area contributed by atoms with Gasteiger partial charge in [0.1, 0.15) is 0 Å². The molecule has 0 saturated carbocycles. The van der Waals surface area contributed by atoms with Gasteiger partial charge in [0.2, 0.25) is 0 Å². The zero-order chi connectivity index (χ0) is 17.7. The molecule has 0 unspecified atom stereocenters. The normalized spacial score (nSPS) is 18.7. The van der Waals surface area contributed by atoms with Gasteiger partial charge in [-0.2, -0.15) is 0 Å². The van der Waals surface area contributed by atoms with Crippen molar-refractivity contribution in [2.75, 3.05) is 24.6 Å². The highest BCUT2D eigenvalue weighted by molar-refractivity contribution is 7.91. The number of sulfone groups is 1. The van der Waals surface area contributed by atoms with Crippen molar-refractivity contribution in [2.45, 2.75) is 32.7 Å². The van der Waals surface area contributed by atoms with Gasteiger partial charge in [0.25, 0.3) is 0 Å². The highest BCUT2D eigenvalue weighted by Crippen LogP contribution is 2.16. The molecule has 0 fully saturated rings. The van der Waals surface area contributed by atoms with E-state index in [1.807, 2.05) is 18.2 Å². The molecule has 1 aliphatic rings. The summed E-state index contributed by atoms with van der Waals surface area (Å²) in [6.07, 6.45) is 5.60. The SMILES string of the molecule is CCS(=O)(=O)CCN1Cc2cccn2C[C@@H](OCc2ccncc2)C1. The molecule has 6 nitrogen and oxygen atoms in total. The van der Waals surface area contributed by atoms with Crippen molar-refractivity contribution in [3.63, 3.8) is 0 Å². The lowest BCUT2D eigenvalue weighted by Gasteiger charge is -2.24. The number of nitrogens with zero attached hydrogens (tertiary/aromatic N) is 3. The fraction of sp³-hybridized carbons (Fsp3) is 0.500. The molecule has 1 atom stereocenters. The highest BCUT2D eigenvalue weighted by atomic mass is 32.2. The molecular formula is C18H25N3O3S. The van der Waals surface area contributed by atoms with Crippen molar-refractivity contribution >= 4 is 9.84 Å². The van der Waals surface area contributed by atoms with Crippen molar-refractivity contribution in [1.29, 1.82) is 0 Å². The van der Waals surface area contributed by atoms with E-state index in [1.54, 1.807) is 19.3 Å². The van der Waals surface area contributed by atoms with Gasteiger partial charge in [-0.1, -0.05) is 6.92 Å². The maximum absolute atomic E-state index is 11.8. The third kappa shape index (κ3) is 5.14. The van der Waals surface area contributed by atoms with Crippen molar-refractivity contribution in [1.82, 2.24) is 14.5 Å². The van der Waals surface area contributed by atoms with E-state index < -0.39 is 9.84 Å². The molecule has 0 amide bonds. The highest BCUT2D eigenvalue weighted by Gasteiger charge is 2.23. The Balaban J connectivity index is 1.66. The van der Waals surface area contributed by atoms with Crippen LogP contribution in [0, 0.1) is 0 Å². The predicted octanol–water partition coefficient (Wildman–Crippen LogP) is 1.72. The lowest BCUT2D eigenvalue weighted by atomic mass is 10.3. The molecule has 0 aromatic carbocycles. The summed E-state index contributed by atoms with van der Waals surface area (Å²) in [6, 6.07) is 8.01. The number of pyridine rings is 1. The van der Waals surface area contributed by atoms with E-state index in [2.05, 4.69) is 26.7 Å². The van der Waals surface area contributed by atoms with Gasteiger partial charge in [-0.25, -0.2) is 8.42 Å². The van der Waals surface area contributed by atoms with Crippen LogP contribution in [0.5, 0.6) is 0 Å². The Morgan fingerprint density at radius 3 is 2.80 bits per heavy atom. The summed E-state index contributed by atoms with van der Waals surface area (Å²) in [5.74, 6) is 0.389. The molecule has 0 spiro atoms. The topological polar surface area (TPSA) is 64.4 Å². The van der Waals surface area contributed by atoms with Crippen molar-refractivity contribution in [3.05, 3.63) is 54.1 Å². The van der Waals surface area contributed by atoms with Crippen LogP contribution < -0.4 is 0 Å². The molecule has 0 aliphatic carbocycles. The van der Waals surface area contributed by atoms with Crippen molar-refractivity contribution < 1.29 is 13.2 Å². The Morgan fingerprint density at radius 1 is 1.24 bits per heavy atom. The van der Waals surface area contributed by atoms with Crippen LogP contribution in [0.15, 0.2) is 42.9 Å². The van der Waals surface area contributed by atoms with Crippen LogP contribution in [-0.4, -0.2) is 53.6 Å². The molecule has 1 aliphatic heterocycles. The summed E-state index contributed by atoms with van der Waals surface area (Å²) in [6.45, 7) is 5.03. The lowest BCUT2D eigenvalue weighted by molar-refractivity contribution is 0.0112. The first-order valence-electron chi connectivity index (χ1n) is 8.63. The summed E-state index contributed by atoms with van der Waals surface area (Å²) < 4.78 is 32.0. The van der Waals surface area contributed by atoms with E-state index in [0.29, 0.717) is 13.2 Å². The van der Waals surface area contributed by atoms with Gasteiger partial charge in [-0.05, 0) is 29.8 Å². The summed E-state index contributed by atoms with van der Waals surface area (Å²) in [7, 11) is -2.96. The van der Waals surface area contributed by atoms with Crippen LogP contribution >= 0.6 is 0 Å². The van der Waals surface area contributed by atoms with Crippen LogP contribution in [0.1, 0.15) is 18.2 Å². The molecule has 3 rings (SSSR count). The zero-order valence-corrected chi connectivity index (χ0v) is 15.4. The summed E-state index contributed by atoms with van der Waals surface area (Å²) in [5, 5.41) is 0. The Bertz CT molecular complexity index is 774. The molecule has 0 radical (unpaired) electrons. The predicted molar refractivity (Wildman–Crippen MR) is 96.9 cm³/mol. The second-order valence-electron chi connectivity index (χ2n) is 6.41. The number of hydrogen-bond donors (Lipinski definition) is 0.